The summed E-state index contributed by atoms with van der Waals surface area (Å²) in [7, 11) is 3.86. The number of quaternary nitrogens is 2. The number of hydrogen-bond donors (Lipinski definition) is 14. The zero-order valence-corrected chi connectivity index (χ0v) is 30.2. The Labute approximate surface area is 297 Å². The van der Waals surface area contributed by atoms with Gasteiger partial charge in [0.25, 0.3) is 5.91 Å². The van der Waals surface area contributed by atoms with Gasteiger partial charge in [-0.25, -0.2) is 4.79 Å². The topological polar surface area (TPSA) is 362 Å². The van der Waals surface area contributed by atoms with Crippen molar-refractivity contribution in [1.29, 1.82) is 0 Å². The molecule has 0 aliphatic heterocycles. The van der Waals surface area contributed by atoms with E-state index in [0.717, 1.165) is 18.4 Å². The first-order valence-electron chi connectivity index (χ1n) is 16.9. The van der Waals surface area contributed by atoms with Crippen LogP contribution < -0.4 is 59.7 Å². The van der Waals surface area contributed by atoms with E-state index in [1.165, 1.54) is 13.8 Å². The molecule has 0 radical (unpaired) electrons. The minimum atomic E-state index is -1.73. The van der Waals surface area contributed by atoms with Crippen molar-refractivity contribution in [2.45, 2.75) is 120 Å². The van der Waals surface area contributed by atoms with Gasteiger partial charge in [0.15, 0.2) is 12.1 Å². The molecule has 0 saturated heterocycles. The quantitative estimate of drug-likeness (QED) is 0.0290. The van der Waals surface area contributed by atoms with Crippen LogP contribution >= 0.6 is 0 Å². The number of carbonyl (C=O) groups excluding carboxylic acids is 6. The molecule has 0 heterocycles. The molecule has 0 bridgehead atoms. The Bertz CT molecular complexity index is 1150. The Morgan fingerprint density at radius 1 is 0.667 bits per heavy atom. The van der Waals surface area contributed by atoms with Crippen molar-refractivity contribution >= 4 is 41.4 Å². The molecule has 0 aromatic rings. The second-order valence-corrected chi connectivity index (χ2v) is 13.0. The van der Waals surface area contributed by atoms with Gasteiger partial charge in [-0.1, -0.05) is 0 Å². The van der Waals surface area contributed by atoms with Crippen LogP contribution in [0.5, 0.6) is 0 Å². The molecule has 0 aromatic carbocycles. The highest BCUT2D eigenvalue weighted by atomic mass is 16.4. The predicted molar refractivity (Wildman–Crippen MR) is 182 cm³/mol. The van der Waals surface area contributed by atoms with Crippen molar-refractivity contribution in [2.75, 3.05) is 27.2 Å². The number of hydrogen-bond acceptors (Lipinski definition) is 12. The van der Waals surface area contributed by atoms with Crippen LogP contribution in [-0.2, 0) is 33.6 Å². The van der Waals surface area contributed by atoms with Crippen LogP contribution in [0.1, 0.15) is 65.7 Å². The van der Waals surface area contributed by atoms with Gasteiger partial charge in [-0.2, -0.15) is 0 Å². The number of carbonyl (C=O) groups is 7. The number of aliphatic carboxylic acids is 1. The Hall–Kier alpha value is -3.99. The van der Waals surface area contributed by atoms with Crippen molar-refractivity contribution in [3.05, 3.63) is 0 Å². The number of carboxylic acids is 1. The number of nitrogens with two attached hydrogens (primary N) is 3. The second-order valence-electron chi connectivity index (χ2n) is 13.0. The van der Waals surface area contributed by atoms with Gasteiger partial charge in [-0.15, -0.1) is 0 Å². The molecule has 21 nitrogen and oxygen atoms in total. The molecule has 0 spiro atoms. The molecule has 0 rings (SSSR count). The summed E-state index contributed by atoms with van der Waals surface area (Å²) in [6, 6.07) is -7.99. The van der Waals surface area contributed by atoms with Crippen LogP contribution in [0, 0.1) is 0 Å². The molecule has 21 heteroatoms. The maximum atomic E-state index is 13.6. The molecule has 0 unspecified atom stereocenters. The maximum absolute atomic E-state index is 13.6. The molecule has 0 fully saturated rings. The normalized spacial score (nSPS) is 16.1. The molecule has 0 aliphatic carbocycles. The lowest BCUT2D eigenvalue weighted by Gasteiger charge is -2.28. The average Bonchev–Trinajstić information content (AvgIpc) is 3.01. The maximum Gasteiger partial charge on any atom is 0.328 e. The van der Waals surface area contributed by atoms with Gasteiger partial charge in [-0.3, -0.25) is 34.1 Å². The summed E-state index contributed by atoms with van der Waals surface area (Å²) in [6.45, 7) is 4.93. The van der Waals surface area contributed by atoms with E-state index in [9.17, 15) is 48.9 Å². The first kappa shape index (κ1) is 47.0. The number of primary amides is 1. The van der Waals surface area contributed by atoms with Crippen LogP contribution in [0.2, 0.25) is 0 Å². The van der Waals surface area contributed by atoms with E-state index in [2.05, 4.69) is 37.6 Å². The van der Waals surface area contributed by atoms with E-state index in [0.29, 0.717) is 25.8 Å². The highest BCUT2D eigenvalue weighted by molar-refractivity contribution is 5.96. The summed E-state index contributed by atoms with van der Waals surface area (Å²) < 4.78 is 0. The summed E-state index contributed by atoms with van der Waals surface area (Å²) in [4.78, 5) is 90.1. The summed E-state index contributed by atoms with van der Waals surface area (Å²) >= 11 is 0. The Morgan fingerprint density at radius 3 is 1.57 bits per heavy atom. The molecule has 294 valence electrons. The minimum absolute atomic E-state index is 0.0528. The fraction of sp³-hybridized carbons (Fsp3) is 0.767. The van der Waals surface area contributed by atoms with Gasteiger partial charge in [0.1, 0.15) is 30.5 Å². The monoisotopic (exact) mass is 735 g/mol. The van der Waals surface area contributed by atoms with E-state index in [4.69, 9.17) is 17.2 Å². The van der Waals surface area contributed by atoms with E-state index in [1.807, 2.05) is 14.1 Å². The van der Waals surface area contributed by atoms with E-state index >= 15 is 0 Å². The fourth-order valence-corrected chi connectivity index (χ4v) is 4.64. The van der Waals surface area contributed by atoms with E-state index in [1.54, 1.807) is 0 Å². The summed E-state index contributed by atoms with van der Waals surface area (Å²) in [6.07, 6.45) is -2.94. The molecule has 51 heavy (non-hydrogen) atoms. The van der Waals surface area contributed by atoms with E-state index < -0.39 is 96.2 Å². The summed E-state index contributed by atoms with van der Waals surface area (Å²) in [5.41, 5.74) is 19.8. The second kappa shape index (κ2) is 24.2. The third kappa shape index (κ3) is 19.8. The third-order valence-corrected chi connectivity index (χ3v) is 7.60. The smallest absolute Gasteiger partial charge is 0.328 e. The highest BCUT2D eigenvalue weighted by Crippen LogP contribution is 2.08. The van der Waals surface area contributed by atoms with Crippen LogP contribution in [0.25, 0.3) is 0 Å². The molecule has 6 amide bonds. The number of unbranched alkanes of at least 4 members (excludes halogenated alkanes) is 1. The largest absolute Gasteiger partial charge is 0.480 e. The standard InChI is InChI=1S/C30H59N11O10/c1-15(31)24(45)36-19(10-8-13-35-30(33)34)26(47)39-22(16(2)42)28(49)38-18(9-6-7-14-41(4)5)25(46)37-20(11-12-21(32)44)27(48)40-23(17(3)43)29(50)51/h15-20,22-23,30,35,42-43H,6-14,31,33-34H2,1-5H3,(H2,32,44)(H,36,45)(H,37,46)(H,38,49)(H,39,47)(H,40,48)(H,50,51)/p+2/t15-,16+,17+,18-,19-,20-,22-,23-/m0/s1. The molecular weight excluding hydrogens is 674 g/mol. The third-order valence-electron chi connectivity index (χ3n) is 7.60. The van der Waals surface area contributed by atoms with Gasteiger partial charge < -0.3 is 69.7 Å². The molecule has 19 N–H and O–H groups in total. The number of amides is 6. The Morgan fingerprint density at radius 2 is 1.12 bits per heavy atom. The number of rotatable bonds is 26. The van der Waals surface area contributed by atoms with Gasteiger partial charge in [0.05, 0.1) is 32.8 Å². The van der Waals surface area contributed by atoms with Crippen LogP contribution in [0.3, 0.4) is 0 Å². The highest BCUT2D eigenvalue weighted by Gasteiger charge is 2.35. The molecule has 8 atom stereocenters. The number of aliphatic hydroxyl groups is 2. The van der Waals surface area contributed by atoms with Gasteiger partial charge in [0, 0.05) is 6.42 Å². The lowest BCUT2D eigenvalue weighted by Crippen LogP contribution is -3.05. The lowest BCUT2D eigenvalue weighted by molar-refractivity contribution is -0.858. The van der Waals surface area contributed by atoms with Gasteiger partial charge in [0.2, 0.25) is 29.5 Å². The minimum Gasteiger partial charge on any atom is -0.480 e. The first-order valence-corrected chi connectivity index (χ1v) is 16.9. The average molecular weight is 736 g/mol. The lowest BCUT2D eigenvalue weighted by atomic mass is 10.0. The van der Waals surface area contributed by atoms with Crippen LogP contribution in [-0.4, -0.2) is 139 Å². The summed E-state index contributed by atoms with van der Waals surface area (Å²) in [5.74, 6) is -6.56. The van der Waals surface area contributed by atoms with Gasteiger partial charge >= 0.3 is 5.97 Å². The predicted octanol–water partition coefficient (Wildman–Crippen LogP) is -7.96. The summed E-state index contributed by atoms with van der Waals surface area (Å²) in [5, 5.41) is 44.5. The van der Waals surface area contributed by atoms with Crippen molar-refractivity contribution in [3.8, 4) is 0 Å². The van der Waals surface area contributed by atoms with Crippen molar-refractivity contribution in [1.82, 2.24) is 31.9 Å². The van der Waals surface area contributed by atoms with Crippen molar-refractivity contribution in [3.63, 3.8) is 0 Å². The molecule has 0 aromatic heterocycles. The number of nitrogens with one attached hydrogen (secondary N) is 7. The van der Waals surface area contributed by atoms with Crippen LogP contribution in [0.4, 0.5) is 0 Å². The zero-order chi connectivity index (χ0) is 39.4. The van der Waals surface area contributed by atoms with Crippen molar-refractivity contribution < 1.29 is 59.5 Å². The number of carboxylic acid groups (broad SMARTS) is 1. The molecule has 0 aliphatic rings. The van der Waals surface area contributed by atoms with Crippen LogP contribution in [0.15, 0.2) is 0 Å². The van der Waals surface area contributed by atoms with Gasteiger partial charge in [-0.05, 0) is 65.8 Å². The van der Waals surface area contributed by atoms with E-state index in [-0.39, 0.29) is 25.7 Å². The molecular formula is C30H61N11O10+2. The SMILES string of the molecule is C[C@H]([NH3+])C(=O)N[C@@H](CCCNC(N)N)C(=O)N[C@H](C(=O)N[C@@H](CCCC[NH+](C)C)C(=O)N[C@@H](CCC(N)=O)C(=O)N[C@H](C(=O)O)[C@@H](C)O)[C@@H](C)O. The fourth-order valence-electron chi connectivity index (χ4n) is 4.64. The molecule has 0 saturated carbocycles. The zero-order valence-electron chi connectivity index (χ0n) is 30.2. The Balaban J connectivity index is 6.21. The first-order chi connectivity index (χ1) is 23.7. The van der Waals surface area contributed by atoms with Crippen molar-refractivity contribution in [2.24, 2.45) is 17.2 Å². The number of aliphatic hydroxyl groups excluding tert-OH is 2. The Kier molecular flexibility index (Phi) is 22.3.